The Bertz CT molecular complexity index is 492. The van der Waals surface area contributed by atoms with Crippen LogP contribution < -0.4 is 10.1 Å². The molecule has 0 saturated heterocycles. The van der Waals surface area contributed by atoms with Crippen molar-refractivity contribution in [2.24, 2.45) is 5.10 Å². The van der Waals surface area contributed by atoms with Crippen molar-refractivity contribution >= 4 is 23.5 Å². The number of hydrogen-bond acceptors (Lipinski definition) is 4. The lowest BCUT2D eigenvalue weighted by molar-refractivity contribution is 0.318. The van der Waals surface area contributed by atoms with Gasteiger partial charge in [-0.1, -0.05) is 13.3 Å². The van der Waals surface area contributed by atoms with Gasteiger partial charge in [0.05, 0.1) is 12.8 Å². The molecule has 1 aromatic rings. The molecule has 0 aliphatic heterocycles. The molecule has 2 N–H and O–H groups in total. The quantitative estimate of drug-likeness (QED) is 0.351. The molecule has 0 spiro atoms. The SMILES string of the molecule is CCCCNC(=S)N(C)/N=C/c1ccc(O)c(OCC)c1. The highest BCUT2D eigenvalue weighted by atomic mass is 32.1. The molecular weight excluding hydrogens is 286 g/mol. The van der Waals surface area contributed by atoms with E-state index in [1.165, 1.54) is 0 Å². The molecule has 0 heterocycles. The second-order valence-corrected chi connectivity index (χ2v) is 4.90. The highest BCUT2D eigenvalue weighted by Crippen LogP contribution is 2.26. The molecule has 0 atom stereocenters. The standard InChI is InChI=1S/C15H23N3O2S/c1-4-6-9-16-15(21)18(3)17-11-12-7-8-13(19)14(10-12)20-5-2/h7-8,10-11,19H,4-6,9H2,1-3H3,(H,16,21)/b17-11+. The summed E-state index contributed by atoms with van der Waals surface area (Å²) in [6.45, 7) is 5.35. The first-order valence-electron chi connectivity index (χ1n) is 7.09. The summed E-state index contributed by atoms with van der Waals surface area (Å²) in [4.78, 5) is 0. The summed E-state index contributed by atoms with van der Waals surface area (Å²) < 4.78 is 5.33. The van der Waals surface area contributed by atoms with Crippen LogP contribution in [0.25, 0.3) is 0 Å². The lowest BCUT2D eigenvalue weighted by atomic mass is 10.2. The van der Waals surface area contributed by atoms with Gasteiger partial charge >= 0.3 is 0 Å². The van der Waals surface area contributed by atoms with E-state index < -0.39 is 0 Å². The Balaban J connectivity index is 2.62. The topological polar surface area (TPSA) is 57.1 Å². The van der Waals surface area contributed by atoms with E-state index in [1.54, 1.807) is 36.5 Å². The zero-order valence-corrected chi connectivity index (χ0v) is 13.6. The number of thiocarbonyl (C=S) groups is 1. The van der Waals surface area contributed by atoms with E-state index in [0.29, 0.717) is 17.5 Å². The van der Waals surface area contributed by atoms with Crippen LogP contribution in [0.4, 0.5) is 0 Å². The summed E-state index contributed by atoms with van der Waals surface area (Å²) in [5.74, 6) is 0.576. The number of nitrogens with zero attached hydrogens (tertiary/aromatic N) is 2. The van der Waals surface area contributed by atoms with Crippen molar-refractivity contribution in [3.63, 3.8) is 0 Å². The molecule has 0 aromatic heterocycles. The second-order valence-electron chi connectivity index (χ2n) is 4.51. The molecule has 0 unspecified atom stereocenters. The van der Waals surface area contributed by atoms with Gasteiger partial charge in [0.15, 0.2) is 16.6 Å². The zero-order chi connectivity index (χ0) is 15.7. The van der Waals surface area contributed by atoms with Crippen LogP contribution in [0.1, 0.15) is 32.3 Å². The Labute approximate surface area is 131 Å². The van der Waals surface area contributed by atoms with Crippen LogP contribution in [0.5, 0.6) is 11.5 Å². The smallest absolute Gasteiger partial charge is 0.189 e. The molecule has 6 heteroatoms. The van der Waals surface area contributed by atoms with Crippen LogP contribution in [0, 0.1) is 0 Å². The summed E-state index contributed by atoms with van der Waals surface area (Å²) in [7, 11) is 1.79. The van der Waals surface area contributed by atoms with Gasteiger partial charge in [0.1, 0.15) is 0 Å². The maximum absolute atomic E-state index is 9.64. The lowest BCUT2D eigenvalue weighted by Crippen LogP contribution is -2.34. The molecule has 0 saturated carbocycles. The highest BCUT2D eigenvalue weighted by molar-refractivity contribution is 7.80. The molecule has 5 nitrogen and oxygen atoms in total. The number of nitrogens with one attached hydrogen (secondary N) is 1. The third-order valence-corrected chi connectivity index (χ3v) is 3.17. The predicted octanol–water partition coefficient (Wildman–Crippen LogP) is 2.73. The third-order valence-electron chi connectivity index (χ3n) is 2.76. The number of hydrazone groups is 1. The number of aromatic hydroxyl groups is 1. The fourth-order valence-corrected chi connectivity index (χ4v) is 1.72. The number of phenols is 1. The minimum absolute atomic E-state index is 0.124. The van der Waals surface area contributed by atoms with Crippen molar-refractivity contribution in [3.8, 4) is 11.5 Å². The van der Waals surface area contributed by atoms with Gasteiger partial charge in [0, 0.05) is 13.6 Å². The predicted molar refractivity (Wildman–Crippen MR) is 90.1 cm³/mol. The molecule has 0 aliphatic rings. The van der Waals surface area contributed by atoms with E-state index in [9.17, 15) is 5.11 Å². The summed E-state index contributed by atoms with van der Waals surface area (Å²) >= 11 is 5.23. The molecule has 0 bridgehead atoms. The van der Waals surface area contributed by atoms with E-state index >= 15 is 0 Å². The van der Waals surface area contributed by atoms with Crippen LogP contribution >= 0.6 is 12.2 Å². The van der Waals surface area contributed by atoms with E-state index in [4.69, 9.17) is 17.0 Å². The summed E-state index contributed by atoms with van der Waals surface area (Å²) in [6, 6.07) is 5.09. The Hall–Kier alpha value is -1.82. The molecule has 21 heavy (non-hydrogen) atoms. The van der Waals surface area contributed by atoms with Crippen molar-refractivity contribution < 1.29 is 9.84 Å². The molecule has 0 radical (unpaired) electrons. The van der Waals surface area contributed by atoms with Gasteiger partial charge < -0.3 is 15.2 Å². The van der Waals surface area contributed by atoms with Gasteiger partial charge in [0.2, 0.25) is 0 Å². The minimum Gasteiger partial charge on any atom is -0.504 e. The second kappa shape index (κ2) is 9.18. The molecule has 0 amide bonds. The minimum atomic E-state index is 0.124. The number of rotatable bonds is 7. The summed E-state index contributed by atoms with van der Waals surface area (Å²) in [5, 5.41) is 19.2. The van der Waals surface area contributed by atoms with Gasteiger partial charge in [-0.3, -0.25) is 0 Å². The first-order chi connectivity index (χ1) is 10.1. The van der Waals surface area contributed by atoms with Gasteiger partial charge in [0.25, 0.3) is 0 Å². The van der Waals surface area contributed by atoms with Crippen molar-refractivity contribution in [2.75, 3.05) is 20.2 Å². The van der Waals surface area contributed by atoms with Crippen LogP contribution in [0.15, 0.2) is 23.3 Å². The average Bonchev–Trinajstić information content (AvgIpc) is 2.48. The maximum Gasteiger partial charge on any atom is 0.189 e. The van der Waals surface area contributed by atoms with Crippen LogP contribution in [0.2, 0.25) is 0 Å². The molecule has 1 rings (SSSR count). The average molecular weight is 309 g/mol. The van der Waals surface area contributed by atoms with Crippen LogP contribution in [-0.4, -0.2) is 41.6 Å². The normalized spacial score (nSPS) is 10.6. The van der Waals surface area contributed by atoms with Gasteiger partial charge in [-0.25, -0.2) is 5.01 Å². The molecular formula is C15H23N3O2S. The fourth-order valence-electron chi connectivity index (χ4n) is 1.57. The first-order valence-corrected chi connectivity index (χ1v) is 7.50. The lowest BCUT2D eigenvalue weighted by Gasteiger charge is -2.15. The van der Waals surface area contributed by atoms with Gasteiger partial charge in [-0.2, -0.15) is 5.10 Å². The number of hydrogen-bond donors (Lipinski definition) is 2. The third kappa shape index (κ3) is 5.99. The summed E-state index contributed by atoms with van der Waals surface area (Å²) in [6.07, 6.45) is 3.87. The number of unbranched alkanes of at least 4 members (excludes halogenated alkanes) is 1. The summed E-state index contributed by atoms with van der Waals surface area (Å²) in [5.41, 5.74) is 0.833. The zero-order valence-electron chi connectivity index (χ0n) is 12.8. The Morgan fingerprint density at radius 1 is 1.48 bits per heavy atom. The van der Waals surface area contributed by atoms with Crippen LogP contribution in [0.3, 0.4) is 0 Å². The van der Waals surface area contributed by atoms with Crippen molar-refractivity contribution in [2.45, 2.75) is 26.7 Å². The largest absolute Gasteiger partial charge is 0.504 e. The van der Waals surface area contributed by atoms with Crippen LogP contribution in [-0.2, 0) is 0 Å². The Morgan fingerprint density at radius 3 is 2.90 bits per heavy atom. The highest BCUT2D eigenvalue weighted by Gasteiger charge is 2.03. The van der Waals surface area contributed by atoms with Crippen molar-refractivity contribution in [3.05, 3.63) is 23.8 Å². The Kier molecular flexibility index (Phi) is 7.53. The Morgan fingerprint density at radius 2 is 2.24 bits per heavy atom. The van der Waals surface area contributed by atoms with E-state index in [-0.39, 0.29) is 5.75 Å². The van der Waals surface area contributed by atoms with E-state index in [1.807, 2.05) is 6.92 Å². The van der Waals surface area contributed by atoms with Gasteiger partial charge in [-0.05, 0) is 49.3 Å². The fraction of sp³-hybridized carbons (Fsp3) is 0.467. The maximum atomic E-state index is 9.64. The molecule has 1 aromatic carbocycles. The molecule has 0 fully saturated rings. The molecule has 0 aliphatic carbocycles. The van der Waals surface area contributed by atoms with Crippen molar-refractivity contribution in [1.82, 2.24) is 10.3 Å². The first kappa shape index (κ1) is 17.2. The number of phenolic OH excluding ortho intramolecular Hbond substituents is 1. The van der Waals surface area contributed by atoms with E-state index in [0.717, 1.165) is 24.9 Å². The van der Waals surface area contributed by atoms with E-state index in [2.05, 4.69) is 17.3 Å². The molecule has 116 valence electrons. The van der Waals surface area contributed by atoms with Gasteiger partial charge in [-0.15, -0.1) is 0 Å². The monoisotopic (exact) mass is 309 g/mol. The van der Waals surface area contributed by atoms with Crippen molar-refractivity contribution in [1.29, 1.82) is 0 Å². The number of ether oxygens (including phenoxy) is 1. The number of benzene rings is 1.